The minimum atomic E-state index is -0.599. The number of nitrogens with zero attached hydrogens (tertiary/aromatic N) is 2. The van der Waals surface area contributed by atoms with E-state index in [2.05, 4.69) is 20.9 Å². The second kappa shape index (κ2) is 15.6. The molecule has 0 aliphatic heterocycles. The predicted molar refractivity (Wildman–Crippen MR) is 186 cm³/mol. The third kappa shape index (κ3) is 9.00. The Kier molecular flexibility index (Phi) is 10.9. The largest absolute Gasteiger partial charge is 0.321 e. The molecular weight excluding hydrogens is 635 g/mol. The number of aromatic nitrogens is 1. The number of benzene rings is 4. The Balaban J connectivity index is 1.29. The zero-order chi connectivity index (χ0) is 33.2. The molecule has 0 saturated carbocycles. The molecule has 3 amide bonds. The van der Waals surface area contributed by atoms with Gasteiger partial charge in [0.05, 0.1) is 15.9 Å². The van der Waals surface area contributed by atoms with E-state index in [-0.39, 0.29) is 17.3 Å². The molecule has 1 atom stereocenters. The molecule has 1 aromatic heterocycles. The lowest BCUT2D eigenvalue weighted by Crippen LogP contribution is -2.30. The van der Waals surface area contributed by atoms with E-state index in [1.165, 1.54) is 53.4 Å². The first-order chi connectivity index (χ1) is 22.8. The number of nitro benzene ring substituents is 1. The Bertz CT molecular complexity index is 1910. The first-order valence-electron chi connectivity index (χ1n) is 14.5. The highest BCUT2D eigenvalue weighted by Gasteiger charge is 2.21. The molecule has 0 spiro atoms. The van der Waals surface area contributed by atoms with Gasteiger partial charge in [0.1, 0.15) is 5.70 Å². The van der Waals surface area contributed by atoms with Gasteiger partial charge in [0.2, 0.25) is 5.91 Å². The molecule has 5 rings (SSSR count). The summed E-state index contributed by atoms with van der Waals surface area (Å²) in [5.41, 5.74) is 2.88. The van der Waals surface area contributed by atoms with Crippen molar-refractivity contribution >= 4 is 63.4 Å². The molecule has 10 nitrogen and oxygen atoms in total. The van der Waals surface area contributed by atoms with Crippen LogP contribution in [0.4, 0.5) is 16.5 Å². The van der Waals surface area contributed by atoms with Crippen LogP contribution in [-0.2, 0) is 9.59 Å². The SMILES string of the molecule is CCC(Sc1cccc(NC(=O)/C(=C\c2ccc([N+](=O)[O-])cc2)NC(=O)c2ccccc2)c1)C(=O)Nc1nc(-c2ccccc2)cs1. The van der Waals surface area contributed by atoms with Crippen LogP contribution in [0, 0.1) is 10.1 Å². The van der Waals surface area contributed by atoms with E-state index < -0.39 is 22.0 Å². The van der Waals surface area contributed by atoms with Crippen LogP contribution in [0.5, 0.6) is 0 Å². The van der Waals surface area contributed by atoms with Crippen molar-refractivity contribution in [2.75, 3.05) is 10.6 Å². The zero-order valence-electron chi connectivity index (χ0n) is 25.1. The van der Waals surface area contributed by atoms with Crippen molar-refractivity contribution in [2.45, 2.75) is 23.5 Å². The van der Waals surface area contributed by atoms with Gasteiger partial charge in [-0.15, -0.1) is 23.1 Å². The predicted octanol–water partition coefficient (Wildman–Crippen LogP) is 7.64. The molecule has 5 aromatic rings. The van der Waals surface area contributed by atoms with Crippen molar-refractivity contribution in [3.63, 3.8) is 0 Å². The standard InChI is InChI=1S/C35H29N5O5S2/c1-2-31(34(43)39-35-38-30(22-46-35)24-10-5-3-6-11-24)47-28-15-9-14-26(21-28)36-33(42)29(37-32(41)25-12-7-4-8-13-25)20-23-16-18-27(19-17-23)40(44)45/h3-22,31H,2H2,1H3,(H,36,42)(H,37,41)(H,38,39,43)/b29-20+. The smallest absolute Gasteiger partial charge is 0.272 e. The van der Waals surface area contributed by atoms with E-state index in [4.69, 9.17) is 0 Å². The minimum Gasteiger partial charge on any atom is -0.321 e. The van der Waals surface area contributed by atoms with Crippen LogP contribution in [0.1, 0.15) is 29.3 Å². The quantitative estimate of drug-likeness (QED) is 0.0539. The van der Waals surface area contributed by atoms with E-state index in [1.807, 2.05) is 48.7 Å². The van der Waals surface area contributed by atoms with Crippen LogP contribution in [0.2, 0.25) is 0 Å². The van der Waals surface area contributed by atoms with Crippen LogP contribution in [-0.4, -0.2) is 32.9 Å². The van der Waals surface area contributed by atoms with Crippen LogP contribution in [0.25, 0.3) is 17.3 Å². The van der Waals surface area contributed by atoms with Crippen molar-refractivity contribution in [3.05, 3.63) is 142 Å². The maximum atomic E-state index is 13.5. The van der Waals surface area contributed by atoms with Gasteiger partial charge in [0.15, 0.2) is 5.13 Å². The molecule has 236 valence electrons. The Morgan fingerprint density at radius 3 is 2.30 bits per heavy atom. The number of hydrogen-bond donors (Lipinski definition) is 3. The highest BCUT2D eigenvalue weighted by Crippen LogP contribution is 2.30. The van der Waals surface area contributed by atoms with E-state index in [0.717, 1.165) is 16.2 Å². The fourth-order valence-electron chi connectivity index (χ4n) is 4.39. The number of amides is 3. The molecule has 0 radical (unpaired) electrons. The van der Waals surface area contributed by atoms with Gasteiger partial charge < -0.3 is 16.0 Å². The number of carbonyl (C=O) groups excluding carboxylic acids is 3. The normalized spacial score (nSPS) is 11.7. The van der Waals surface area contributed by atoms with E-state index in [0.29, 0.717) is 28.4 Å². The molecule has 47 heavy (non-hydrogen) atoms. The van der Waals surface area contributed by atoms with E-state index in [9.17, 15) is 24.5 Å². The number of carbonyl (C=O) groups is 3. The second-order valence-electron chi connectivity index (χ2n) is 10.1. The molecule has 0 saturated heterocycles. The van der Waals surface area contributed by atoms with Crippen LogP contribution in [0.3, 0.4) is 0 Å². The number of nitrogens with one attached hydrogen (secondary N) is 3. The summed E-state index contributed by atoms with van der Waals surface area (Å²) < 4.78 is 0. The molecule has 1 heterocycles. The lowest BCUT2D eigenvalue weighted by atomic mass is 10.1. The van der Waals surface area contributed by atoms with Gasteiger partial charge in [-0.25, -0.2) is 4.98 Å². The van der Waals surface area contributed by atoms with Gasteiger partial charge in [-0.1, -0.05) is 61.5 Å². The summed E-state index contributed by atoms with van der Waals surface area (Å²) in [7, 11) is 0. The summed E-state index contributed by atoms with van der Waals surface area (Å²) in [6.07, 6.45) is 2.00. The summed E-state index contributed by atoms with van der Waals surface area (Å²) in [6.45, 7) is 1.92. The Labute approximate surface area is 279 Å². The lowest BCUT2D eigenvalue weighted by molar-refractivity contribution is -0.384. The highest BCUT2D eigenvalue weighted by atomic mass is 32.2. The molecule has 1 unspecified atom stereocenters. The summed E-state index contributed by atoms with van der Waals surface area (Å²) >= 11 is 2.72. The van der Waals surface area contributed by atoms with E-state index in [1.54, 1.807) is 48.5 Å². The molecule has 0 aliphatic carbocycles. The molecule has 12 heteroatoms. The molecule has 4 aromatic carbocycles. The Morgan fingerprint density at radius 2 is 1.62 bits per heavy atom. The van der Waals surface area contributed by atoms with E-state index >= 15 is 0 Å². The number of rotatable bonds is 12. The molecule has 3 N–H and O–H groups in total. The number of non-ortho nitro benzene ring substituents is 1. The Morgan fingerprint density at radius 1 is 0.915 bits per heavy atom. The summed E-state index contributed by atoms with van der Waals surface area (Å²) in [5.74, 6) is -1.28. The van der Waals surface area contributed by atoms with Crippen molar-refractivity contribution in [3.8, 4) is 11.3 Å². The Hall–Kier alpha value is -5.59. The number of thiazole rings is 1. The van der Waals surface area contributed by atoms with Gasteiger partial charge in [-0.2, -0.15) is 0 Å². The minimum absolute atomic E-state index is 0.0603. The first-order valence-corrected chi connectivity index (χ1v) is 16.3. The molecule has 0 aliphatic rings. The number of hydrogen-bond acceptors (Lipinski definition) is 8. The third-order valence-electron chi connectivity index (χ3n) is 6.78. The van der Waals surface area contributed by atoms with Gasteiger partial charge in [0.25, 0.3) is 17.5 Å². The first kappa shape index (κ1) is 32.8. The average molecular weight is 664 g/mol. The van der Waals surface area contributed by atoms with Crippen molar-refractivity contribution in [1.82, 2.24) is 10.3 Å². The monoisotopic (exact) mass is 663 g/mol. The van der Waals surface area contributed by atoms with Crippen LogP contribution in [0.15, 0.2) is 125 Å². The lowest BCUT2D eigenvalue weighted by Gasteiger charge is -2.15. The number of thioether (sulfide) groups is 1. The van der Waals surface area contributed by atoms with Crippen LogP contribution < -0.4 is 16.0 Å². The van der Waals surface area contributed by atoms with Gasteiger partial charge in [-0.3, -0.25) is 24.5 Å². The zero-order valence-corrected chi connectivity index (χ0v) is 26.7. The van der Waals surface area contributed by atoms with Crippen molar-refractivity contribution < 1.29 is 19.3 Å². The maximum Gasteiger partial charge on any atom is 0.272 e. The van der Waals surface area contributed by atoms with Crippen LogP contribution >= 0.6 is 23.1 Å². The number of nitro groups is 1. The third-order valence-corrected chi connectivity index (χ3v) is 8.90. The topological polar surface area (TPSA) is 143 Å². The maximum absolute atomic E-state index is 13.5. The summed E-state index contributed by atoms with van der Waals surface area (Å²) in [5, 5.41) is 21.5. The summed E-state index contributed by atoms with van der Waals surface area (Å²) in [4.78, 5) is 55.5. The second-order valence-corrected chi connectivity index (χ2v) is 12.3. The fraction of sp³-hybridized carbons (Fsp3) is 0.0857. The fourth-order valence-corrected chi connectivity index (χ4v) is 6.13. The molecule has 0 fully saturated rings. The average Bonchev–Trinajstić information content (AvgIpc) is 3.56. The van der Waals surface area contributed by atoms with Gasteiger partial charge >= 0.3 is 0 Å². The number of anilines is 2. The van der Waals surface area contributed by atoms with Crippen molar-refractivity contribution in [2.24, 2.45) is 0 Å². The summed E-state index contributed by atoms with van der Waals surface area (Å²) in [6, 6.07) is 30.8. The molecular formula is C35H29N5O5S2. The van der Waals surface area contributed by atoms with Gasteiger partial charge in [-0.05, 0) is 60.5 Å². The van der Waals surface area contributed by atoms with Gasteiger partial charge in [0, 0.05) is 39.2 Å². The molecule has 0 bridgehead atoms. The highest BCUT2D eigenvalue weighted by molar-refractivity contribution is 8.00. The van der Waals surface area contributed by atoms with Crippen molar-refractivity contribution in [1.29, 1.82) is 0 Å².